The highest BCUT2D eigenvalue weighted by molar-refractivity contribution is 6.04. The van der Waals surface area contributed by atoms with Gasteiger partial charge in [-0.25, -0.2) is 0 Å². The molecule has 0 heterocycles. The van der Waals surface area contributed by atoms with E-state index in [1.54, 1.807) is 16.7 Å². The first kappa shape index (κ1) is 18.2. The van der Waals surface area contributed by atoms with Gasteiger partial charge in [-0.2, -0.15) is 0 Å². The van der Waals surface area contributed by atoms with Gasteiger partial charge in [0.2, 0.25) is 0 Å². The van der Waals surface area contributed by atoms with Crippen LogP contribution in [0.5, 0.6) is 0 Å². The fraction of sp³-hybridized carbons (Fsp3) is 0.333. The van der Waals surface area contributed by atoms with Crippen LogP contribution in [-0.2, 0) is 5.41 Å². The summed E-state index contributed by atoms with van der Waals surface area (Å²) in [7, 11) is 0. The minimum absolute atomic E-state index is 0.102. The molecule has 3 atom stereocenters. The molecule has 2 aromatic rings. The summed E-state index contributed by atoms with van der Waals surface area (Å²) in [6.45, 7) is 11.3. The second-order valence-electron chi connectivity index (χ2n) is 10.1. The number of rotatable bonds is 2. The van der Waals surface area contributed by atoms with Crippen molar-refractivity contribution in [1.29, 1.82) is 0 Å². The monoisotopic (exact) mass is 390 g/mol. The lowest BCUT2D eigenvalue weighted by Crippen LogP contribution is -2.18. The third-order valence-electron chi connectivity index (χ3n) is 8.31. The van der Waals surface area contributed by atoms with Crippen molar-refractivity contribution in [2.75, 3.05) is 0 Å². The molecule has 1 fully saturated rings. The summed E-state index contributed by atoms with van der Waals surface area (Å²) in [4.78, 5) is 0. The predicted octanol–water partition coefficient (Wildman–Crippen LogP) is 7.93. The van der Waals surface area contributed by atoms with Crippen LogP contribution >= 0.6 is 0 Å². The van der Waals surface area contributed by atoms with Crippen LogP contribution in [0.4, 0.5) is 0 Å². The third kappa shape index (κ3) is 2.17. The quantitative estimate of drug-likeness (QED) is 0.457. The van der Waals surface area contributed by atoms with E-state index < -0.39 is 0 Å². The van der Waals surface area contributed by atoms with Crippen molar-refractivity contribution >= 4 is 16.3 Å². The molecule has 4 aliphatic rings. The average Bonchev–Trinajstić information content (AvgIpc) is 3.46. The standard InChI is InChI=1S/C30H30/c1-5-15-30-18-26(30)23-17-19(16-21(30)6-2)11-13-24-28(23)27-22-10-8-7-9-20(22)12-14-25(27)29(24,3)4/h5-10,12,14-17,19,26H,2,11,13,18H2,1,3-4H3/b15-5-. The minimum Gasteiger partial charge on any atom is -0.0988 e. The minimum atomic E-state index is 0.102. The largest absolute Gasteiger partial charge is 0.0988 e. The molecular weight excluding hydrogens is 360 g/mol. The molecule has 6 rings (SSSR count). The first-order chi connectivity index (χ1) is 14.5. The van der Waals surface area contributed by atoms with E-state index in [2.05, 4.69) is 94.1 Å². The van der Waals surface area contributed by atoms with Gasteiger partial charge in [0.1, 0.15) is 0 Å². The lowest BCUT2D eigenvalue weighted by atomic mass is 9.78. The first-order valence-electron chi connectivity index (χ1n) is 11.5. The predicted molar refractivity (Wildman–Crippen MR) is 128 cm³/mol. The van der Waals surface area contributed by atoms with Crippen LogP contribution in [0.3, 0.4) is 0 Å². The highest BCUT2D eigenvalue weighted by atomic mass is 14.6. The lowest BCUT2D eigenvalue weighted by Gasteiger charge is -2.26. The molecule has 1 saturated carbocycles. The van der Waals surface area contributed by atoms with Gasteiger partial charge >= 0.3 is 0 Å². The van der Waals surface area contributed by atoms with Crippen molar-refractivity contribution in [3.63, 3.8) is 0 Å². The molecule has 0 aliphatic heterocycles. The maximum absolute atomic E-state index is 4.20. The van der Waals surface area contributed by atoms with E-state index in [1.807, 2.05) is 0 Å². The molecule has 0 heteroatoms. The van der Waals surface area contributed by atoms with Gasteiger partial charge in [0, 0.05) is 10.8 Å². The van der Waals surface area contributed by atoms with Crippen LogP contribution in [0.1, 0.15) is 51.2 Å². The van der Waals surface area contributed by atoms with Crippen molar-refractivity contribution in [3.8, 4) is 0 Å². The maximum Gasteiger partial charge on any atom is 0.0204 e. The number of hydrogen-bond acceptors (Lipinski definition) is 0. The molecule has 150 valence electrons. The van der Waals surface area contributed by atoms with Crippen LogP contribution in [0.25, 0.3) is 16.3 Å². The number of allylic oxidation sites excluding steroid dienone is 9. The molecular formula is C30H30. The Kier molecular flexibility index (Phi) is 3.62. The van der Waals surface area contributed by atoms with Gasteiger partial charge < -0.3 is 0 Å². The highest BCUT2D eigenvalue weighted by Crippen LogP contribution is 2.68. The molecule has 0 radical (unpaired) electrons. The number of benzene rings is 2. The lowest BCUT2D eigenvalue weighted by molar-refractivity contribution is 0.578. The van der Waals surface area contributed by atoms with Crippen molar-refractivity contribution < 1.29 is 0 Å². The molecule has 0 spiro atoms. The van der Waals surface area contributed by atoms with Crippen LogP contribution in [-0.4, -0.2) is 0 Å². The van der Waals surface area contributed by atoms with Crippen LogP contribution < -0.4 is 0 Å². The Balaban J connectivity index is 1.64. The summed E-state index contributed by atoms with van der Waals surface area (Å²) >= 11 is 0. The summed E-state index contributed by atoms with van der Waals surface area (Å²) in [6.07, 6.45) is 15.6. The Morgan fingerprint density at radius 1 is 1.07 bits per heavy atom. The Morgan fingerprint density at radius 3 is 2.70 bits per heavy atom. The van der Waals surface area contributed by atoms with Crippen molar-refractivity contribution in [2.45, 2.75) is 45.4 Å². The van der Waals surface area contributed by atoms with Gasteiger partial charge in [0.25, 0.3) is 0 Å². The van der Waals surface area contributed by atoms with E-state index >= 15 is 0 Å². The molecule has 30 heavy (non-hydrogen) atoms. The first-order valence-corrected chi connectivity index (χ1v) is 11.5. The molecule has 2 aromatic carbocycles. The van der Waals surface area contributed by atoms with E-state index in [0.29, 0.717) is 11.8 Å². The summed E-state index contributed by atoms with van der Waals surface area (Å²) in [6, 6.07) is 13.7. The topological polar surface area (TPSA) is 0 Å². The summed E-state index contributed by atoms with van der Waals surface area (Å²) in [5.41, 5.74) is 9.61. The zero-order chi connectivity index (χ0) is 20.7. The average molecular weight is 391 g/mol. The molecule has 0 nitrogen and oxygen atoms in total. The summed E-state index contributed by atoms with van der Waals surface area (Å²) in [5.74, 6) is 1.09. The summed E-state index contributed by atoms with van der Waals surface area (Å²) in [5, 5.41) is 2.78. The third-order valence-corrected chi connectivity index (χ3v) is 8.31. The van der Waals surface area contributed by atoms with Gasteiger partial charge in [-0.05, 0) is 76.6 Å². The molecule has 4 aliphatic carbocycles. The SMILES string of the molecule is C=CC1=CC2C=C(C3=C(CC2)C(C)(C)c2ccc4ccccc4c23)C2CC12/C=C\C. The molecule has 0 amide bonds. The van der Waals surface area contributed by atoms with Crippen molar-refractivity contribution in [1.82, 2.24) is 0 Å². The fourth-order valence-corrected chi connectivity index (χ4v) is 6.78. The Morgan fingerprint density at radius 2 is 1.90 bits per heavy atom. The van der Waals surface area contributed by atoms with Crippen LogP contribution in [0.2, 0.25) is 0 Å². The van der Waals surface area contributed by atoms with E-state index in [0.717, 1.165) is 0 Å². The van der Waals surface area contributed by atoms with Crippen molar-refractivity contribution in [3.05, 3.63) is 101 Å². The van der Waals surface area contributed by atoms with Crippen LogP contribution in [0.15, 0.2) is 90.1 Å². The molecule has 3 unspecified atom stereocenters. The second-order valence-corrected chi connectivity index (χ2v) is 10.1. The van der Waals surface area contributed by atoms with E-state index in [4.69, 9.17) is 0 Å². The fourth-order valence-electron chi connectivity index (χ4n) is 6.78. The summed E-state index contributed by atoms with van der Waals surface area (Å²) < 4.78 is 0. The van der Waals surface area contributed by atoms with Gasteiger partial charge in [-0.3, -0.25) is 0 Å². The zero-order valence-electron chi connectivity index (χ0n) is 18.3. The molecule has 0 saturated heterocycles. The number of hydrogen-bond donors (Lipinski definition) is 0. The van der Waals surface area contributed by atoms with Gasteiger partial charge in [-0.15, -0.1) is 0 Å². The zero-order valence-corrected chi connectivity index (χ0v) is 18.3. The molecule has 0 N–H and O–H groups in total. The molecule has 0 aromatic heterocycles. The maximum atomic E-state index is 4.20. The van der Waals surface area contributed by atoms with E-state index in [1.165, 1.54) is 46.7 Å². The molecule has 2 bridgehead atoms. The Labute approximate surface area is 180 Å². The Bertz CT molecular complexity index is 1230. The van der Waals surface area contributed by atoms with E-state index in [-0.39, 0.29) is 10.8 Å². The van der Waals surface area contributed by atoms with Gasteiger partial charge in [0.15, 0.2) is 0 Å². The highest BCUT2D eigenvalue weighted by Gasteiger charge is 2.58. The Hall–Kier alpha value is -2.60. The smallest absolute Gasteiger partial charge is 0.0204 e. The van der Waals surface area contributed by atoms with E-state index in [9.17, 15) is 0 Å². The van der Waals surface area contributed by atoms with Gasteiger partial charge in [-0.1, -0.05) is 92.8 Å². The number of fused-ring (bicyclic) bond motifs is 8. The van der Waals surface area contributed by atoms with Crippen LogP contribution in [0, 0.1) is 17.3 Å². The second kappa shape index (κ2) is 5.97. The van der Waals surface area contributed by atoms with Gasteiger partial charge in [0.05, 0.1) is 0 Å². The normalized spacial score (nSPS) is 30.8. The van der Waals surface area contributed by atoms with Crippen molar-refractivity contribution in [2.24, 2.45) is 17.3 Å².